The van der Waals surface area contributed by atoms with Crippen LogP contribution in [0, 0.1) is 0 Å². The molecule has 0 spiro atoms. The normalized spacial score (nSPS) is 10.8. The number of para-hydroxylation sites is 1. The van der Waals surface area contributed by atoms with Crippen LogP contribution in [0.3, 0.4) is 0 Å². The van der Waals surface area contributed by atoms with E-state index in [1.165, 1.54) is 17.5 Å². The van der Waals surface area contributed by atoms with E-state index in [0.717, 1.165) is 15.2 Å². The van der Waals surface area contributed by atoms with E-state index in [9.17, 15) is 4.79 Å². The van der Waals surface area contributed by atoms with Gasteiger partial charge in [0.15, 0.2) is 0 Å². The van der Waals surface area contributed by atoms with Crippen LogP contribution in [0.25, 0.3) is 10.2 Å². The molecule has 0 saturated heterocycles. The van der Waals surface area contributed by atoms with E-state index in [1.807, 2.05) is 24.3 Å². The maximum absolute atomic E-state index is 11.7. The molecule has 3 aromatic rings. The molecule has 19 heavy (non-hydrogen) atoms. The highest BCUT2D eigenvalue weighted by Gasteiger charge is 2.11. The first-order valence-corrected chi connectivity index (χ1v) is 6.54. The zero-order valence-electron chi connectivity index (χ0n) is 10.2. The number of thiazole rings is 1. The fraction of sp³-hybridized carbons (Fsp3) is 0.154. The molecule has 1 aromatic carbocycles. The van der Waals surface area contributed by atoms with Crippen LogP contribution in [0.15, 0.2) is 36.7 Å². The van der Waals surface area contributed by atoms with Crippen molar-refractivity contribution in [2.75, 3.05) is 0 Å². The summed E-state index contributed by atoms with van der Waals surface area (Å²) >= 11 is 1.53. The zero-order valence-corrected chi connectivity index (χ0v) is 11.1. The topological polar surface area (TPSA) is 57.0 Å². The standard InChI is InChI=1S/C13H11N3O2S/c1-16-7-9(6-14-16)13(17)18-8-12-15-10-4-2-3-5-11(10)19-12/h2-7H,8H2,1H3. The number of rotatable bonds is 3. The first-order chi connectivity index (χ1) is 9.22. The third kappa shape index (κ3) is 2.48. The molecule has 0 aliphatic heterocycles. The van der Waals surface area contributed by atoms with Crippen LogP contribution in [0.1, 0.15) is 15.4 Å². The van der Waals surface area contributed by atoms with Gasteiger partial charge in [-0.05, 0) is 12.1 Å². The lowest BCUT2D eigenvalue weighted by Crippen LogP contribution is -2.04. The molecule has 2 heterocycles. The van der Waals surface area contributed by atoms with Crippen LogP contribution in [0.5, 0.6) is 0 Å². The van der Waals surface area contributed by atoms with Crippen molar-refractivity contribution in [2.45, 2.75) is 6.61 Å². The quantitative estimate of drug-likeness (QED) is 0.687. The summed E-state index contributed by atoms with van der Waals surface area (Å²) in [5.41, 5.74) is 1.38. The predicted octanol–water partition coefficient (Wildman–Crippen LogP) is 2.39. The largest absolute Gasteiger partial charge is 0.455 e. The SMILES string of the molecule is Cn1cc(C(=O)OCc2nc3ccccc3s2)cn1. The van der Waals surface area contributed by atoms with Crippen molar-refractivity contribution in [3.8, 4) is 0 Å². The molecule has 96 valence electrons. The number of esters is 1. The predicted molar refractivity (Wildman–Crippen MR) is 71.9 cm³/mol. The monoisotopic (exact) mass is 273 g/mol. The number of fused-ring (bicyclic) bond motifs is 1. The summed E-state index contributed by atoms with van der Waals surface area (Å²) in [4.78, 5) is 16.2. The molecule has 0 atom stereocenters. The van der Waals surface area contributed by atoms with Crippen LogP contribution >= 0.6 is 11.3 Å². The summed E-state index contributed by atoms with van der Waals surface area (Å²) in [7, 11) is 1.75. The van der Waals surface area contributed by atoms with Crippen LogP contribution in [0.4, 0.5) is 0 Å². The second-order valence-corrected chi connectivity index (χ2v) is 5.17. The molecule has 0 unspecified atom stereocenters. The van der Waals surface area contributed by atoms with Crippen molar-refractivity contribution < 1.29 is 9.53 Å². The first kappa shape index (κ1) is 11.9. The Balaban J connectivity index is 1.70. The fourth-order valence-corrected chi connectivity index (χ4v) is 2.60. The molecular formula is C13H11N3O2S. The number of hydrogen-bond acceptors (Lipinski definition) is 5. The molecule has 0 amide bonds. The van der Waals surface area contributed by atoms with Gasteiger partial charge in [0.25, 0.3) is 0 Å². The molecule has 0 N–H and O–H groups in total. The third-order valence-electron chi connectivity index (χ3n) is 2.61. The smallest absolute Gasteiger partial charge is 0.341 e. The number of hydrogen-bond donors (Lipinski definition) is 0. The van der Waals surface area contributed by atoms with Gasteiger partial charge in [-0.2, -0.15) is 5.10 Å². The lowest BCUT2D eigenvalue weighted by Gasteiger charge is -1.99. The summed E-state index contributed by atoms with van der Waals surface area (Å²) in [6.07, 6.45) is 3.11. The summed E-state index contributed by atoms with van der Waals surface area (Å²) < 4.78 is 7.87. The molecule has 0 fully saturated rings. The van der Waals surface area contributed by atoms with Gasteiger partial charge in [-0.15, -0.1) is 11.3 Å². The Labute approximate surface area is 113 Å². The number of carbonyl (C=O) groups excluding carboxylic acids is 1. The minimum absolute atomic E-state index is 0.188. The van der Waals surface area contributed by atoms with Gasteiger partial charge in [-0.1, -0.05) is 12.1 Å². The van der Waals surface area contributed by atoms with E-state index in [4.69, 9.17) is 4.74 Å². The molecule has 2 aromatic heterocycles. The van der Waals surface area contributed by atoms with Gasteiger partial charge in [0.1, 0.15) is 11.6 Å². The van der Waals surface area contributed by atoms with Crippen molar-refractivity contribution in [3.63, 3.8) is 0 Å². The molecular weight excluding hydrogens is 262 g/mol. The van der Waals surface area contributed by atoms with E-state index >= 15 is 0 Å². The van der Waals surface area contributed by atoms with Crippen molar-refractivity contribution in [3.05, 3.63) is 47.2 Å². The molecule has 0 saturated carbocycles. The molecule has 0 aliphatic rings. The van der Waals surface area contributed by atoms with Gasteiger partial charge >= 0.3 is 5.97 Å². The average Bonchev–Trinajstić information content (AvgIpc) is 3.01. The van der Waals surface area contributed by atoms with Gasteiger partial charge in [0.2, 0.25) is 0 Å². The number of carbonyl (C=O) groups is 1. The Morgan fingerprint density at radius 1 is 1.42 bits per heavy atom. The summed E-state index contributed by atoms with van der Waals surface area (Å²) in [5.74, 6) is -0.382. The zero-order chi connectivity index (χ0) is 13.2. The maximum Gasteiger partial charge on any atom is 0.341 e. The first-order valence-electron chi connectivity index (χ1n) is 5.72. The van der Waals surface area contributed by atoms with E-state index in [0.29, 0.717) is 5.56 Å². The number of aryl methyl sites for hydroxylation is 1. The van der Waals surface area contributed by atoms with Crippen molar-refractivity contribution in [2.24, 2.45) is 7.05 Å². The van der Waals surface area contributed by atoms with Crippen LogP contribution in [-0.2, 0) is 18.4 Å². The van der Waals surface area contributed by atoms with Crippen molar-refractivity contribution in [1.82, 2.24) is 14.8 Å². The highest BCUT2D eigenvalue weighted by molar-refractivity contribution is 7.18. The Hall–Kier alpha value is -2.21. The second kappa shape index (κ2) is 4.81. The molecule has 0 bridgehead atoms. The molecule has 0 radical (unpaired) electrons. The average molecular weight is 273 g/mol. The van der Waals surface area contributed by atoms with E-state index in [1.54, 1.807) is 17.9 Å². The number of aromatic nitrogens is 3. The van der Waals surface area contributed by atoms with Gasteiger partial charge in [0.05, 0.1) is 22.0 Å². The van der Waals surface area contributed by atoms with E-state index in [2.05, 4.69) is 10.1 Å². The Morgan fingerprint density at radius 2 is 2.26 bits per heavy atom. The Bertz CT molecular complexity index is 699. The highest BCUT2D eigenvalue weighted by atomic mass is 32.1. The van der Waals surface area contributed by atoms with Crippen LogP contribution in [-0.4, -0.2) is 20.7 Å². The molecule has 6 heteroatoms. The Kier molecular flexibility index (Phi) is 3.00. The van der Waals surface area contributed by atoms with Crippen molar-refractivity contribution in [1.29, 1.82) is 0 Å². The second-order valence-electron chi connectivity index (χ2n) is 4.05. The molecule has 0 aliphatic carbocycles. The van der Waals surface area contributed by atoms with Gasteiger partial charge in [0, 0.05) is 13.2 Å². The van der Waals surface area contributed by atoms with E-state index < -0.39 is 0 Å². The highest BCUT2D eigenvalue weighted by Crippen LogP contribution is 2.22. The van der Waals surface area contributed by atoms with Crippen molar-refractivity contribution >= 4 is 27.5 Å². The minimum atomic E-state index is -0.382. The number of ether oxygens (including phenoxy) is 1. The summed E-state index contributed by atoms with van der Waals surface area (Å²) in [5, 5.41) is 4.72. The van der Waals surface area contributed by atoms with Gasteiger partial charge in [-0.25, -0.2) is 9.78 Å². The fourth-order valence-electron chi connectivity index (χ4n) is 1.72. The molecule has 3 rings (SSSR count). The van der Waals surface area contributed by atoms with Gasteiger partial charge in [-0.3, -0.25) is 4.68 Å². The van der Waals surface area contributed by atoms with Crippen LogP contribution < -0.4 is 0 Å². The number of nitrogens with zero attached hydrogens (tertiary/aromatic N) is 3. The Morgan fingerprint density at radius 3 is 3.00 bits per heavy atom. The lowest BCUT2D eigenvalue weighted by atomic mass is 10.3. The van der Waals surface area contributed by atoms with Crippen LogP contribution in [0.2, 0.25) is 0 Å². The molecule has 5 nitrogen and oxygen atoms in total. The summed E-state index contributed by atoms with van der Waals surface area (Å²) in [6, 6.07) is 7.84. The third-order valence-corrected chi connectivity index (χ3v) is 3.62. The number of benzene rings is 1. The van der Waals surface area contributed by atoms with Gasteiger partial charge < -0.3 is 4.74 Å². The summed E-state index contributed by atoms with van der Waals surface area (Å²) in [6.45, 7) is 0.188. The maximum atomic E-state index is 11.7. The minimum Gasteiger partial charge on any atom is -0.455 e. The van der Waals surface area contributed by atoms with E-state index in [-0.39, 0.29) is 12.6 Å². The lowest BCUT2D eigenvalue weighted by molar-refractivity contribution is 0.0472.